The van der Waals surface area contributed by atoms with Gasteiger partial charge in [0.25, 0.3) is 0 Å². The maximum atomic E-state index is 13.7. The average molecular weight is 686 g/mol. The number of azo groups is 1. The molecule has 0 aromatic heterocycles. The van der Waals surface area contributed by atoms with Crippen molar-refractivity contribution in [3.63, 3.8) is 0 Å². The molecule has 2 N–H and O–H groups in total. The third-order valence-electron chi connectivity index (χ3n) is 10.5. The lowest BCUT2D eigenvalue weighted by molar-refractivity contribution is -0.161. The summed E-state index contributed by atoms with van der Waals surface area (Å²) >= 11 is 0. The summed E-state index contributed by atoms with van der Waals surface area (Å²) in [4.78, 5) is 34.1. The molecular weight excluding hydrogens is 630 g/mol. The zero-order chi connectivity index (χ0) is 34.5. The van der Waals surface area contributed by atoms with Gasteiger partial charge in [0.2, 0.25) is 21.8 Å². The van der Waals surface area contributed by atoms with E-state index >= 15 is 0 Å². The average Bonchev–Trinajstić information content (AvgIpc) is 3.36. The molecule has 266 valence electrons. The number of morpholine rings is 1. The quantitative estimate of drug-likeness (QED) is 0.286. The molecule has 4 heterocycles. The topological polar surface area (TPSA) is 136 Å². The Morgan fingerprint density at radius 3 is 2.35 bits per heavy atom. The first kappa shape index (κ1) is 36.6. The predicted octanol–water partition coefficient (Wildman–Crippen LogP) is 3.65. The van der Waals surface area contributed by atoms with Crippen LogP contribution in [0.1, 0.15) is 78.7 Å². The van der Waals surface area contributed by atoms with Gasteiger partial charge in [-0.1, -0.05) is 39.3 Å². The number of carbonyl (C=O) groups is 2. The smallest absolute Gasteiger partial charge is 0.246 e. The molecule has 4 aliphatic heterocycles. The van der Waals surface area contributed by atoms with Gasteiger partial charge < -0.3 is 15.0 Å². The number of piperidine rings is 1. The van der Waals surface area contributed by atoms with Crippen LogP contribution in [0, 0.1) is 5.92 Å². The van der Waals surface area contributed by atoms with Crippen LogP contribution in [-0.2, 0) is 29.9 Å². The summed E-state index contributed by atoms with van der Waals surface area (Å²) in [5, 5.41) is 12.2. The summed E-state index contributed by atoms with van der Waals surface area (Å²) < 4.78 is 34.2. The summed E-state index contributed by atoms with van der Waals surface area (Å²) in [6, 6.07) is 6.51. The first-order valence-electron chi connectivity index (χ1n) is 17.8. The van der Waals surface area contributed by atoms with E-state index in [1.165, 1.54) is 0 Å². The molecule has 3 fully saturated rings. The number of hydrogen-bond donors (Lipinski definition) is 2. The Bertz CT molecular complexity index is 1460. The van der Waals surface area contributed by atoms with Crippen molar-refractivity contribution in [2.24, 2.45) is 16.1 Å². The Balaban J connectivity index is 1.21. The molecule has 3 saturated heterocycles. The van der Waals surface area contributed by atoms with Gasteiger partial charge in [-0.15, -0.1) is 0 Å². The zero-order valence-electron chi connectivity index (χ0n) is 29.5. The summed E-state index contributed by atoms with van der Waals surface area (Å²) in [5.74, 6) is 0.346. The van der Waals surface area contributed by atoms with E-state index in [1.807, 2.05) is 30.9 Å². The molecule has 2 atom stereocenters. The molecule has 1 aromatic carbocycles. The number of nitrogens with zero attached hydrogens (tertiary/aromatic N) is 5. The monoisotopic (exact) mass is 685 g/mol. The molecule has 48 heavy (non-hydrogen) atoms. The Hall–Kier alpha value is -2.71. The standard InChI is InChI=1S/C35H55N7O5S/c1-6-7-17-42-32(43)31(24-26(2)3)37-33(44)35(42)13-18-41(19-14-35)25-30-27(4)38-39-34(30,5)28-9-11-29(12-10-28)48(45,46)36-15-8-16-40-20-22-47-23-21-40/h9-12,26,31,36H,6-8,13-25H2,1-5H3,(H,37,44)/t31-,34?/m0/s1. The van der Waals surface area contributed by atoms with E-state index in [2.05, 4.69) is 50.8 Å². The van der Waals surface area contributed by atoms with E-state index in [0.29, 0.717) is 57.9 Å². The first-order valence-corrected chi connectivity index (χ1v) is 19.3. The maximum Gasteiger partial charge on any atom is 0.246 e. The predicted molar refractivity (Wildman–Crippen MR) is 185 cm³/mol. The van der Waals surface area contributed by atoms with Crippen molar-refractivity contribution >= 4 is 21.8 Å². The molecule has 5 rings (SSSR count). The van der Waals surface area contributed by atoms with Gasteiger partial charge in [0.1, 0.15) is 17.1 Å². The van der Waals surface area contributed by atoms with Crippen molar-refractivity contribution in [2.45, 2.75) is 95.2 Å². The van der Waals surface area contributed by atoms with Crippen LogP contribution < -0.4 is 10.0 Å². The number of carbonyl (C=O) groups excluding carboxylic acids is 2. The van der Waals surface area contributed by atoms with E-state index in [9.17, 15) is 18.0 Å². The van der Waals surface area contributed by atoms with Crippen molar-refractivity contribution < 1.29 is 22.7 Å². The van der Waals surface area contributed by atoms with Crippen LogP contribution in [0.15, 0.2) is 50.7 Å². The second-order valence-electron chi connectivity index (χ2n) is 14.4. The number of nitrogens with one attached hydrogen (secondary N) is 2. The van der Waals surface area contributed by atoms with E-state index in [-0.39, 0.29) is 16.7 Å². The fourth-order valence-corrected chi connectivity index (χ4v) is 8.55. The molecule has 2 amide bonds. The highest BCUT2D eigenvalue weighted by atomic mass is 32.2. The first-order chi connectivity index (χ1) is 22.9. The van der Waals surface area contributed by atoms with Gasteiger partial charge in [-0.25, -0.2) is 13.1 Å². The number of likely N-dealkylation sites (tertiary alicyclic amines) is 1. The van der Waals surface area contributed by atoms with Gasteiger partial charge in [-0.05, 0) is 76.1 Å². The summed E-state index contributed by atoms with van der Waals surface area (Å²) in [7, 11) is -3.64. The Morgan fingerprint density at radius 2 is 1.71 bits per heavy atom. The molecule has 0 saturated carbocycles. The number of amides is 2. The number of unbranched alkanes of at least 4 members (excludes halogenated alkanes) is 1. The number of allylic oxidation sites excluding steroid dienone is 1. The number of ether oxygens (including phenoxy) is 1. The second kappa shape index (κ2) is 15.5. The van der Waals surface area contributed by atoms with E-state index < -0.39 is 27.1 Å². The highest BCUT2D eigenvalue weighted by molar-refractivity contribution is 7.89. The van der Waals surface area contributed by atoms with Gasteiger partial charge in [0, 0.05) is 51.4 Å². The van der Waals surface area contributed by atoms with Crippen molar-refractivity contribution in [3.05, 3.63) is 41.1 Å². The molecular formula is C35H55N7O5S. The summed E-state index contributed by atoms with van der Waals surface area (Å²) in [6.07, 6.45) is 4.36. The minimum absolute atomic E-state index is 0.0174. The Morgan fingerprint density at radius 1 is 1.02 bits per heavy atom. The zero-order valence-corrected chi connectivity index (χ0v) is 30.3. The highest BCUT2D eigenvalue weighted by Crippen LogP contribution is 2.42. The molecule has 0 aliphatic carbocycles. The van der Waals surface area contributed by atoms with Gasteiger partial charge in [0.05, 0.1) is 23.8 Å². The largest absolute Gasteiger partial charge is 0.379 e. The fourth-order valence-electron chi connectivity index (χ4n) is 7.47. The van der Waals surface area contributed by atoms with Gasteiger partial charge in [0.15, 0.2) is 0 Å². The molecule has 4 aliphatic rings. The van der Waals surface area contributed by atoms with Crippen LogP contribution in [-0.4, -0.2) is 112 Å². The summed E-state index contributed by atoms with van der Waals surface area (Å²) in [6.45, 7) is 17.2. The molecule has 1 unspecified atom stereocenters. The maximum absolute atomic E-state index is 13.7. The Labute approximate surface area is 286 Å². The normalized spacial score (nSPS) is 25.5. The highest BCUT2D eigenvalue weighted by Gasteiger charge is 2.53. The van der Waals surface area contributed by atoms with Crippen molar-refractivity contribution in [1.82, 2.24) is 24.7 Å². The number of benzene rings is 1. The van der Waals surface area contributed by atoms with E-state index in [0.717, 1.165) is 68.9 Å². The van der Waals surface area contributed by atoms with E-state index in [1.54, 1.807) is 12.1 Å². The Kier molecular flexibility index (Phi) is 11.8. The lowest BCUT2D eigenvalue weighted by atomic mass is 9.80. The second-order valence-corrected chi connectivity index (χ2v) is 16.1. The van der Waals surface area contributed by atoms with Gasteiger partial charge >= 0.3 is 0 Å². The van der Waals surface area contributed by atoms with Gasteiger partial charge in [-0.3, -0.25) is 19.4 Å². The van der Waals surface area contributed by atoms with Crippen LogP contribution >= 0.6 is 0 Å². The van der Waals surface area contributed by atoms with Crippen LogP contribution in [0.3, 0.4) is 0 Å². The fraction of sp³-hybridized carbons (Fsp3) is 0.714. The third-order valence-corrected chi connectivity index (χ3v) is 12.0. The lowest BCUT2D eigenvalue weighted by Crippen LogP contribution is -2.73. The van der Waals surface area contributed by atoms with Crippen LogP contribution in [0.5, 0.6) is 0 Å². The molecule has 1 spiro atoms. The van der Waals surface area contributed by atoms with Gasteiger partial charge in [-0.2, -0.15) is 10.2 Å². The minimum atomic E-state index is -3.64. The van der Waals surface area contributed by atoms with Crippen molar-refractivity contribution in [2.75, 3.05) is 65.6 Å². The molecule has 12 nitrogen and oxygen atoms in total. The van der Waals surface area contributed by atoms with Crippen molar-refractivity contribution in [3.8, 4) is 0 Å². The lowest BCUT2D eigenvalue weighted by Gasteiger charge is -2.52. The molecule has 0 bridgehead atoms. The third kappa shape index (κ3) is 7.85. The number of sulfonamides is 1. The van der Waals surface area contributed by atoms with E-state index in [4.69, 9.17) is 4.74 Å². The van der Waals surface area contributed by atoms with Crippen molar-refractivity contribution in [1.29, 1.82) is 0 Å². The molecule has 1 aromatic rings. The minimum Gasteiger partial charge on any atom is -0.379 e. The van der Waals surface area contributed by atoms with Crippen LogP contribution in [0.25, 0.3) is 0 Å². The number of hydrogen-bond acceptors (Lipinski definition) is 9. The van der Waals surface area contributed by atoms with Crippen LogP contribution in [0.2, 0.25) is 0 Å². The van der Waals surface area contributed by atoms with Crippen LogP contribution in [0.4, 0.5) is 0 Å². The number of piperazine rings is 1. The molecule has 13 heteroatoms. The summed E-state index contributed by atoms with van der Waals surface area (Å²) in [5.41, 5.74) is 1.23. The SMILES string of the molecule is CCCCN1C(=O)[C@H](CC(C)C)NC(=O)C12CCN(CC1=C(C)N=NC1(C)c1ccc(S(=O)(=O)NCCCN3CCOCC3)cc1)CC2. The number of rotatable bonds is 14. The molecule has 0 radical (unpaired) electrons.